The molecule has 1 aliphatic rings. The van der Waals surface area contributed by atoms with Crippen molar-refractivity contribution in [2.75, 3.05) is 13.1 Å². The smallest absolute Gasteiger partial charge is 0.245 e. The number of amides is 2. The van der Waals surface area contributed by atoms with Crippen LogP contribution in [0.5, 0.6) is 5.75 Å². The van der Waals surface area contributed by atoms with Gasteiger partial charge in [-0.05, 0) is 66.3 Å². The minimum atomic E-state index is -0.660. The fraction of sp³-hybridized carbons (Fsp3) is 0.412. The molecule has 4 rings (SSSR count). The molecule has 3 aromatic rings. The SMILES string of the molecule is CC(C)CC(N)C(=O)NC(Cc1ccc(OCc2ccccc2)cc1)C(=O)N1CCC(Cc2ccccc2)CC1. The molecule has 6 heteroatoms. The van der Waals surface area contributed by atoms with Gasteiger partial charge >= 0.3 is 0 Å². The second-order valence-corrected chi connectivity index (χ2v) is 11.4. The van der Waals surface area contributed by atoms with E-state index < -0.39 is 12.1 Å². The quantitative estimate of drug-likeness (QED) is 0.332. The van der Waals surface area contributed by atoms with Gasteiger partial charge in [-0.15, -0.1) is 0 Å². The molecule has 0 aromatic heterocycles. The van der Waals surface area contributed by atoms with Gasteiger partial charge in [0.25, 0.3) is 0 Å². The number of nitrogens with one attached hydrogen (secondary N) is 1. The lowest BCUT2D eigenvalue weighted by atomic mass is 9.89. The van der Waals surface area contributed by atoms with E-state index in [0.29, 0.717) is 44.4 Å². The monoisotopic (exact) mass is 541 g/mol. The number of piperidine rings is 1. The summed E-state index contributed by atoms with van der Waals surface area (Å²) >= 11 is 0. The highest BCUT2D eigenvalue weighted by atomic mass is 16.5. The zero-order valence-electron chi connectivity index (χ0n) is 23.8. The Morgan fingerprint density at radius 2 is 1.48 bits per heavy atom. The number of carbonyl (C=O) groups is 2. The van der Waals surface area contributed by atoms with E-state index in [9.17, 15) is 9.59 Å². The summed E-state index contributed by atoms with van der Waals surface area (Å²) < 4.78 is 5.92. The normalized spacial score (nSPS) is 15.4. The van der Waals surface area contributed by atoms with Gasteiger partial charge in [-0.2, -0.15) is 0 Å². The van der Waals surface area contributed by atoms with Gasteiger partial charge in [0.1, 0.15) is 18.4 Å². The Labute approximate surface area is 238 Å². The molecule has 0 saturated carbocycles. The molecular formula is C34H43N3O3. The first-order chi connectivity index (χ1) is 19.4. The largest absolute Gasteiger partial charge is 0.489 e. The third-order valence-corrected chi connectivity index (χ3v) is 7.58. The first-order valence-electron chi connectivity index (χ1n) is 14.5. The number of likely N-dealkylation sites (tertiary alicyclic amines) is 1. The average molecular weight is 542 g/mol. The predicted octanol–water partition coefficient (Wildman–Crippen LogP) is 5.15. The fourth-order valence-electron chi connectivity index (χ4n) is 5.32. The van der Waals surface area contributed by atoms with E-state index in [1.54, 1.807) is 0 Å². The van der Waals surface area contributed by atoms with Crippen molar-refractivity contribution in [3.05, 3.63) is 102 Å². The van der Waals surface area contributed by atoms with Crippen LogP contribution in [0.25, 0.3) is 0 Å². The molecule has 1 heterocycles. The summed E-state index contributed by atoms with van der Waals surface area (Å²) in [6.45, 7) is 5.97. The van der Waals surface area contributed by atoms with Crippen LogP contribution >= 0.6 is 0 Å². The van der Waals surface area contributed by atoms with Gasteiger partial charge in [-0.25, -0.2) is 0 Å². The summed E-state index contributed by atoms with van der Waals surface area (Å²) in [6.07, 6.45) is 3.93. The summed E-state index contributed by atoms with van der Waals surface area (Å²) in [6, 6.07) is 27.0. The summed E-state index contributed by atoms with van der Waals surface area (Å²) in [7, 11) is 0. The molecule has 0 bridgehead atoms. The fourth-order valence-corrected chi connectivity index (χ4v) is 5.32. The molecule has 3 N–H and O–H groups in total. The van der Waals surface area contributed by atoms with Crippen LogP contribution in [0.2, 0.25) is 0 Å². The van der Waals surface area contributed by atoms with Crippen LogP contribution < -0.4 is 15.8 Å². The Balaban J connectivity index is 1.38. The number of rotatable bonds is 12. The van der Waals surface area contributed by atoms with Crippen molar-refractivity contribution < 1.29 is 14.3 Å². The van der Waals surface area contributed by atoms with Crippen molar-refractivity contribution >= 4 is 11.8 Å². The van der Waals surface area contributed by atoms with Crippen LogP contribution in [0, 0.1) is 11.8 Å². The Morgan fingerprint density at radius 3 is 2.08 bits per heavy atom. The van der Waals surface area contributed by atoms with Crippen molar-refractivity contribution in [2.45, 2.75) is 64.6 Å². The number of ether oxygens (including phenoxy) is 1. The molecule has 212 valence electrons. The number of nitrogens with two attached hydrogens (primary N) is 1. The van der Waals surface area contributed by atoms with E-state index in [2.05, 4.69) is 29.6 Å². The number of carbonyl (C=O) groups excluding carboxylic acids is 2. The maximum atomic E-state index is 13.7. The summed E-state index contributed by atoms with van der Waals surface area (Å²) in [5, 5.41) is 2.99. The van der Waals surface area contributed by atoms with E-state index in [1.165, 1.54) is 5.56 Å². The molecule has 2 amide bonds. The number of hydrogen-bond acceptors (Lipinski definition) is 4. The minimum absolute atomic E-state index is 0.0346. The number of nitrogens with zero attached hydrogens (tertiary/aromatic N) is 1. The summed E-state index contributed by atoms with van der Waals surface area (Å²) in [5.74, 6) is 1.31. The van der Waals surface area contributed by atoms with E-state index >= 15 is 0 Å². The Kier molecular flexibility index (Phi) is 10.8. The lowest BCUT2D eigenvalue weighted by Gasteiger charge is -2.35. The second-order valence-electron chi connectivity index (χ2n) is 11.4. The minimum Gasteiger partial charge on any atom is -0.489 e. The lowest BCUT2D eigenvalue weighted by Crippen LogP contribution is -2.54. The molecule has 0 spiro atoms. The third kappa shape index (κ3) is 8.95. The highest BCUT2D eigenvalue weighted by Crippen LogP contribution is 2.23. The van der Waals surface area contributed by atoms with E-state index in [-0.39, 0.29) is 11.8 Å². The van der Waals surface area contributed by atoms with Gasteiger partial charge in [0, 0.05) is 19.5 Å². The Hall–Kier alpha value is -3.64. The van der Waals surface area contributed by atoms with Gasteiger partial charge in [-0.3, -0.25) is 9.59 Å². The standard InChI is InChI=1S/C34H43N3O3/c1-25(2)21-31(35)33(38)36-32(23-27-13-15-30(16-14-27)40-24-29-11-7-4-8-12-29)34(39)37-19-17-28(18-20-37)22-26-9-5-3-6-10-26/h3-16,25,28,31-32H,17-24,35H2,1-2H3,(H,36,38). The average Bonchev–Trinajstić information content (AvgIpc) is 2.97. The van der Waals surface area contributed by atoms with Crippen molar-refractivity contribution in [3.8, 4) is 5.75 Å². The molecule has 2 unspecified atom stereocenters. The maximum absolute atomic E-state index is 13.7. The van der Waals surface area contributed by atoms with Crippen LogP contribution in [0.1, 0.15) is 49.8 Å². The van der Waals surface area contributed by atoms with Crippen LogP contribution in [-0.4, -0.2) is 41.9 Å². The third-order valence-electron chi connectivity index (χ3n) is 7.58. The molecule has 6 nitrogen and oxygen atoms in total. The molecule has 3 aromatic carbocycles. The predicted molar refractivity (Wildman–Crippen MR) is 160 cm³/mol. The first kappa shape index (κ1) is 29.3. The number of benzene rings is 3. The second kappa shape index (κ2) is 14.7. The molecule has 0 aliphatic carbocycles. The van der Waals surface area contributed by atoms with Gasteiger partial charge < -0.3 is 20.7 Å². The van der Waals surface area contributed by atoms with Crippen LogP contribution in [-0.2, 0) is 29.0 Å². The highest BCUT2D eigenvalue weighted by molar-refractivity contribution is 5.90. The first-order valence-corrected chi connectivity index (χ1v) is 14.5. The Morgan fingerprint density at radius 1 is 0.875 bits per heavy atom. The van der Waals surface area contributed by atoms with Crippen molar-refractivity contribution in [1.29, 1.82) is 0 Å². The molecule has 2 atom stereocenters. The molecule has 1 aliphatic heterocycles. The van der Waals surface area contributed by atoms with Gasteiger partial charge in [-0.1, -0.05) is 86.6 Å². The van der Waals surface area contributed by atoms with E-state index in [0.717, 1.165) is 36.1 Å². The van der Waals surface area contributed by atoms with Gasteiger partial charge in [0.05, 0.1) is 6.04 Å². The Bertz CT molecular complexity index is 1190. The highest BCUT2D eigenvalue weighted by Gasteiger charge is 2.31. The molecule has 40 heavy (non-hydrogen) atoms. The van der Waals surface area contributed by atoms with E-state index in [1.807, 2.05) is 79.4 Å². The van der Waals surface area contributed by atoms with Gasteiger partial charge in [0.2, 0.25) is 11.8 Å². The summed E-state index contributed by atoms with van der Waals surface area (Å²) in [5.41, 5.74) is 9.58. The number of hydrogen-bond donors (Lipinski definition) is 2. The van der Waals surface area contributed by atoms with E-state index in [4.69, 9.17) is 10.5 Å². The van der Waals surface area contributed by atoms with Crippen molar-refractivity contribution in [2.24, 2.45) is 17.6 Å². The zero-order valence-corrected chi connectivity index (χ0v) is 23.8. The van der Waals surface area contributed by atoms with Crippen LogP contribution in [0.4, 0.5) is 0 Å². The van der Waals surface area contributed by atoms with Crippen molar-refractivity contribution in [3.63, 3.8) is 0 Å². The lowest BCUT2D eigenvalue weighted by molar-refractivity contribution is -0.138. The molecule has 1 fully saturated rings. The summed E-state index contributed by atoms with van der Waals surface area (Å²) in [4.78, 5) is 28.6. The van der Waals surface area contributed by atoms with Crippen molar-refractivity contribution in [1.82, 2.24) is 10.2 Å². The maximum Gasteiger partial charge on any atom is 0.245 e. The zero-order chi connectivity index (χ0) is 28.3. The van der Waals surface area contributed by atoms with Crippen LogP contribution in [0.15, 0.2) is 84.9 Å². The molecule has 1 saturated heterocycles. The van der Waals surface area contributed by atoms with Gasteiger partial charge in [0.15, 0.2) is 0 Å². The molecular weight excluding hydrogens is 498 g/mol. The molecule has 0 radical (unpaired) electrons. The van der Waals surface area contributed by atoms with Crippen LogP contribution in [0.3, 0.4) is 0 Å². The topological polar surface area (TPSA) is 84.7 Å².